The quantitative estimate of drug-likeness (QED) is 0.475. The summed E-state index contributed by atoms with van der Waals surface area (Å²) in [5, 5.41) is 0. The first-order valence-electron chi connectivity index (χ1n) is 4.36. The molecule has 17 heavy (non-hydrogen) atoms. The Bertz CT molecular complexity index is 431. The van der Waals surface area contributed by atoms with Crippen molar-refractivity contribution in [1.82, 2.24) is 0 Å². The average Bonchev–Trinajstić information content (AvgIpc) is 2.26. The van der Waals surface area contributed by atoms with E-state index in [0.717, 1.165) is 13.2 Å². The van der Waals surface area contributed by atoms with Crippen molar-refractivity contribution in [2.24, 2.45) is 0 Å². The summed E-state index contributed by atoms with van der Waals surface area (Å²) in [4.78, 5) is 10.1. The predicted molar refractivity (Wildman–Crippen MR) is 55.1 cm³/mol. The predicted octanol–water partition coefficient (Wildman–Crippen LogP) is 3.45. The highest BCUT2D eigenvalue weighted by Gasteiger charge is 2.35. The van der Waals surface area contributed by atoms with Gasteiger partial charge in [-0.05, 0) is 17.7 Å². The normalized spacial score (nSPS) is 13.3. The van der Waals surface area contributed by atoms with Crippen molar-refractivity contribution in [2.45, 2.75) is 11.0 Å². The number of ether oxygens (including phenoxy) is 1. The SMILES string of the molecule is COC(=O)C(Br)c1ccc(F)c(C(F)(F)F)c1. The van der Waals surface area contributed by atoms with Crippen LogP contribution >= 0.6 is 15.9 Å². The number of methoxy groups -OCH3 is 1. The Balaban J connectivity index is 3.17. The summed E-state index contributed by atoms with van der Waals surface area (Å²) in [6, 6.07) is 2.32. The van der Waals surface area contributed by atoms with E-state index in [1.165, 1.54) is 0 Å². The molecule has 0 heterocycles. The average molecular weight is 315 g/mol. The molecule has 1 aromatic carbocycles. The third kappa shape index (κ3) is 3.18. The van der Waals surface area contributed by atoms with Crippen molar-refractivity contribution < 1.29 is 27.1 Å². The number of alkyl halides is 4. The molecule has 1 aromatic rings. The molecule has 0 radical (unpaired) electrons. The van der Waals surface area contributed by atoms with E-state index in [-0.39, 0.29) is 5.56 Å². The number of carbonyl (C=O) groups is 1. The second-order valence-corrected chi connectivity index (χ2v) is 4.04. The van der Waals surface area contributed by atoms with Gasteiger partial charge in [-0.25, -0.2) is 4.39 Å². The van der Waals surface area contributed by atoms with Crippen LogP contribution in [0.15, 0.2) is 18.2 Å². The number of esters is 1. The fourth-order valence-electron chi connectivity index (χ4n) is 1.16. The van der Waals surface area contributed by atoms with Crippen LogP contribution in [0, 0.1) is 5.82 Å². The number of halogens is 5. The standard InChI is InChI=1S/C10H7BrF4O2/c1-17-9(16)8(11)5-2-3-7(12)6(4-5)10(13,14)15/h2-4,8H,1H3. The van der Waals surface area contributed by atoms with Crippen LogP contribution in [0.3, 0.4) is 0 Å². The molecule has 0 bridgehead atoms. The van der Waals surface area contributed by atoms with Crippen molar-refractivity contribution in [1.29, 1.82) is 0 Å². The Morgan fingerprint density at radius 2 is 2.00 bits per heavy atom. The minimum absolute atomic E-state index is 0.0226. The summed E-state index contributed by atoms with van der Waals surface area (Å²) in [5.74, 6) is -2.14. The number of benzene rings is 1. The molecule has 0 aliphatic carbocycles. The highest BCUT2D eigenvalue weighted by atomic mass is 79.9. The molecule has 0 spiro atoms. The van der Waals surface area contributed by atoms with E-state index in [2.05, 4.69) is 20.7 Å². The number of carbonyl (C=O) groups excluding carboxylic acids is 1. The van der Waals surface area contributed by atoms with Gasteiger partial charge in [0.05, 0.1) is 12.7 Å². The monoisotopic (exact) mass is 314 g/mol. The number of rotatable bonds is 2. The highest BCUT2D eigenvalue weighted by Crippen LogP contribution is 2.34. The van der Waals surface area contributed by atoms with Crippen LogP contribution in [-0.4, -0.2) is 13.1 Å². The Morgan fingerprint density at radius 1 is 1.41 bits per heavy atom. The number of hydrogen-bond acceptors (Lipinski definition) is 2. The fraction of sp³-hybridized carbons (Fsp3) is 0.300. The third-order valence-electron chi connectivity index (χ3n) is 2.00. The van der Waals surface area contributed by atoms with Gasteiger partial charge in [-0.2, -0.15) is 13.2 Å². The van der Waals surface area contributed by atoms with Crippen LogP contribution in [0.1, 0.15) is 16.0 Å². The van der Waals surface area contributed by atoms with E-state index in [0.29, 0.717) is 12.1 Å². The first-order chi connectivity index (χ1) is 7.77. The lowest BCUT2D eigenvalue weighted by Crippen LogP contribution is -2.12. The maximum atomic E-state index is 13.0. The van der Waals surface area contributed by atoms with Crippen molar-refractivity contribution in [3.05, 3.63) is 35.1 Å². The van der Waals surface area contributed by atoms with Crippen LogP contribution in [0.25, 0.3) is 0 Å². The van der Waals surface area contributed by atoms with Gasteiger partial charge in [-0.3, -0.25) is 4.79 Å². The first-order valence-corrected chi connectivity index (χ1v) is 5.27. The zero-order valence-electron chi connectivity index (χ0n) is 8.52. The minimum Gasteiger partial charge on any atom is -0.468 e. The van der Waals surface area contributed by atoms with E-state index >= 15 is 0 Å². The molecule has 0 saturated carbocycles. The van der Waals surface area contributed by atoms with Crippen molar-refractivity contribution in [3.63, 3.8) is 0 Å². The lowest BCUT2D eigenvalue weighted by molar-refractivity contribution is -0.141. The van der Waals surface area contributed by atoms with Gasteiger partial charge in [0.2, 0.25) is 0 Å². The molecule has 0 N–H and O–H groups in total. The van der Waals surface area contributed by atoms with Gasteiger partial charge in [-0.1, -0.05) is 22.0 Å². The van der Waals surface area contributed by atoms with Crippen molar-refractivity contribution >= 4 is 21.9 Å². The van der Waals surface area contributed by atoms with E-state index in [9.17, 15) is 22.4 Å². The molecule has 0 aromatic heterocycles. The summed E-state index contributed by atoms with van der Waals surface area (Å²) in [7, 11) is 1.10. The topological polar surface area (TPSA) is 26.3 Å². The molecule has 0 aliphatic heterocycles. The molecular weight excluding hydrogens is 308 g/mol. The zero-order chi connectivity index (χ0) is 13.2. The van der Waals surface area contributed by atoms with Crippen LogP contribution in [0.2, 0.25) is 0 Å². The van der Waals surface area contributed by atoms with Crippen molar-refractivity contribution in [3.8, 4) is 0 Å². The number of hydrogen-bond donors (Lipinski definition) is 0. The van der Waals surface area contributed by atoms with E-state index in [1.54, 1.807) is 0 Å². The molecule has 94 valence electrons. The molecule has 0 fully saturated rings. The van der Waals surface area contributed by atoms with E-state index in [4.69, 9.17) is 0 Å². The molecule has 0 saturated heterocycles. The van der Waals surface area contributed by atoms with E-state index in [1.807, 2.05) is 0 Å². The summed E-state index contributed by atoms with van der Waals surface area (Å²) in [5.41, 5.74) is -1.44. The summed E-state index contributed by atoms with van der Waals surface area (Å²) < 4.78 is 54.5. The summed E-state index contributed by atoms with van der Waals surface area (Å²) in [6.07, 6.45) is -4.80. The first kappa shape index (κ1) is 14.0. The smallest absolute Gasteiger partial charge is 0.419 e. The zero-order valence-corrected chi connectivity index (χ0v) is 10.1. The second-order valence-electron chi connectivity index (χ2n) is 3.12. The van der Waals surface area contributed by atoms with Gasteiger partial charge >= 0.3 is 12.1 Å². The van der Waals surface area contributed by atoms with Gasteiger partial charge in [0, 0.05) is 0 Å². The Kier molecular flexibility index (Phi) is 4.13. The lowest BCUT2D eigenvalue weighted by atomic mass is 10.1. The molecule has 0 aliphatic rings. The largest absolute Gasteiger partial charge is 0.468 e. The Morgan fingerprint density at radius 3 is 2.47 bits per heavy atom. The molecule has 1 unspecified atom stereocenters. The van der Waals surface area contributed by atoms with Crippen molar-refractivity contribution in [2.75, 3.05) is 7.11 Å². The molecule has 2 nitrogen and oxygen atoms in total. The molecule has 1 rings (SSSR count). The third-order valence-corrected chi connectivity index (χ3v) is 2.90. The molecular formula is C10H7BrF4O2. The van der Waals surface area contributed by atoms with Gasteiger partial charge in [0.25, 0.3) is 0 Å². The Labute approximate surface area is 103 Å². The maximum Gasteiger partial charge on any atom is 0.419 e. The Hall–Kier alpha value is -1.11. The lowest BCUT2D eigenvalue weighted by Gasteiger charge is -2.12. The van der Waals surface area contributed by atoms with Gasteiger partial charge in [0.15, 0.2) is 0 Å². The van der Waals surface area contributed by atoms with Crippen LogP contribution in [0.4, 0.5) is 17.6 Å². The van der Waals surface area contributed by atoms with Crippen LogP contribution in [-0.2, 0) is 15.7 Å². The summed E-state index contributed by atoms with van der Waals surface area (Å²) in [6.45, 7) is 0. The van der Waals surface area contributed by atoms with Crippen LogP contribution < -0.4 is 0 Å². The molecule has 7 heteroatoms. The molecule has 0 amide bonds. The van der Waals surface area contributed by atoms with Gasteiger partial charge < -0.3 is 4.74 Å². The van der Waals surface area contributed by atoms with Gasteiger partial charge in [0.1, 0.15) is 10.6 Å². The minimum atomic E-state index is -4.80. The summed E-state index contributed by atoms with van der Waals surface area (Å²) >= 11 is 2.87. The highest BCUT2D eigenvalue weighted by molar-refractivity contribution is 9.09. The van der Waals surface area contributed by atoms with Crippen LogP contribution in [0.5, 0.6) is 0 Å². The van der Waals surface area contributed by atoms with Gasteiger partial charge in [-0.15, -0.1) is 0 Å². The maximum absolute atomic E-state index is 13.0. The second kappa shape index (κ2) is 5.03. The van der Waals surface area contributed by atoms with E-state index < -0.39 is 28.4 Å². The molecule has 1 atom stereocenters. The fourth-order valence-corrected chi connectivity index (χ4v) is 1.63.